The molecule has 4 rings (SSSR count). The van der Waals surface area contributed by atoms with E-state index >= 15 is 0 Å². The van der Waals surface area contributed by atoms with Crippen molar-refractivity contribution in [1.29, 1.82) is 5.26 Å². The average molecular weight is 375 g/mol. The first-order chi connectivity index (χ1) is 13.7. The number of fused-ring (bicyclic) bond motifs is 1. The second-order valence-corrected chi connectivity index (χ2v) is 6.96. The lowest BCUT2D eigenvalue weighted by Crippen LogP contribution is -2.40. The monoisotopic (exact) mass is 375 g/mol. The summed E-state index contributed by atoms with van der Waals surface area (Å²) >= 11 is 0. The van der Waals surface area contributed by atoms with Crippen LogP contribution in [0, 0.1) is 11.3 Å². The fraction of sp³-hybridized carbons (Fsp3) is 0.318. The molecule has 0 amide bonds. The molecule has 0 saturated carbocycles. The van der Waals surface area contributed by atoms with Gasteiger partial charge in [0, 0.05) is 25.2 Å². The van der Waals surface area contributed by atoms with Crippen molar-refractivity contribution < 1.29 is 14.3 Å². The van der Waals surface area contributed by atoms with Crippen LogP contribution in [0.1, 0.15) is 29.5 Å². The molecule has 28 heavy (non-hydrogen) atoms. The minimum Gasteiger partial charge on any atom is -0.493 e. The number of nitrogens with zero attached hydrogens (tertiary/aromatic N) is 3. The van der Waals surface area contributed by atoms with Crippen molar-refractivity contribution in [3.8, 4) is 11.8 Å². The number of anilines is 1. The van der Waals surface area contributed by atoms with E-state index in [0.717, 1.165) is 49.5 Å². The van der Waals surface area contributed by atoms with Crippen molar-refractivity contribution in [2.24, 2.45) is 0 Å². The van der Waals surface area contributed by atoms with Crippen LogP contribution in [0.15, 0.2) is 42.6 Å². The van der Waals surface area contributed by atoms with Gasteiger partial charge in [0.15, 0.2) is 0 Å². The second kappa shape index (κ2) is 8.13. The first kappa shape index (κ1) is 18.1. The summed E-state index contributed by atoms with van der Waals surface area (Å²) in [6.45, 7) is 2.13. The summed E-state index contributed by atoms with van der Waals surface area (Å²) in [5, 5.41) is 9.06. The van der Waals surface area contributed by atoms with Gasteiger partial charge in [-0.2, -0.15) is 5.26 Å². The fourth-order valence-corrected chi connectivity index (χ4v) is 3.58. The number of ether oxygens (including phenoxy) is 2. The highest BCUT2D eigenvalue weighted by Gasteiger charge is 2.23. The Balaban J connectivity index is 1.35. The Hall–Kier alpha value is -3.33. The number of hydrogen-bond donors (Lipinski definition) is 0. The summed E-state index contributed by atoms with van der Waals surface area (Å²) in [7, 11) is 0. The lowest BCUT2D eigenvalue weighted by atomic mass is 10.1. The molecule has 2 aromatic rings. The lowest BCUT2D eigenvalue weighted by molar-refractivity contribution is -0.143. The summed E-state index contributed by atoms with van der Waals surface area (Å²) in [6, 6.07) is 11.5. The van der Waals surface area contributed by atoms with Gasteiger partial charge in [-0.1, -0.05) is 6.07 Å². The predicted octanol–water partition coefficient (Wildman–Crippen LogP) is 3.11. The van der Waals surface area contributed by atoms with Gasteiger partial charge >= 0.3 is 5.97 Å². The summed E-state index contributed by atoms with van der Waals surface area (Å²) in [5.74, 6) is 1.33. The normalized spacial score (nSPS) is 18.4. The third kappa shape index (κ3) is 4.15. The summed E-state index contributed by atoms with van der Waals surface area (Å²) < 4.78 is 11.1. The number of piperidine rings is 1. The molecular weight excluding hydrogens is 354 g/mol. The van der Waals surface area contributed by atoms with Gasteiger partial charge in [0.05, 0.1) is 24.8 Å². The molecule has 0 aliphatic carbocycles. The number of carbonyl (C=O) groups is 1. The van der Waals surface area contributed by atoms with Crippen molar-refractivity contribution in [1.82, 2.24) is 4.98 Å². The zero-order chi connectivity index (χ0) is 19.3. The van der Waals surface area contributed by atoms with Crippen molar-refractivity contribution in [3.63, 3.8) is 0 Å². The van der Waals surface area contributed by atoms with Gasteiger partial charge in [-0.15, -0.1) is 0 Å². The maximum atomic E-state index is 12.3. The molecule has 1 fully saturated rings. The summed E-state index contributed by atoms with van der Waals surface area (Å²) in [5.41, 5.74) is 2.71. The first-order valence-electron chi connectivity index (χ1n) is 9.47. The van der Waals surface area contributed by atoms with E-state index in [9.17, 15) is 4.79 Å². The molecule has 1 aromatic carbocycles. The van der Waals surface area contributed by atoms with E-state index in [-0.39, 0.29) is 12.1 Å². The largest absolute Gasteiger partial charge is 0.493 e. The minimum absolute atomic E-state index is 0.188. The number of aromatic nitrogens is 1. The predicted molar refractivity (Wildman–Crippen MR) is 105 cm³/mol. The van der Waals surface area contributed by atoms with Crippen molar-refractivity contribution >= 4 is 17.9 Å². The molecule has 1 unspecified atom stereocenters. The van der Waals surface area contributed by atoms with Gasteiger partial charge in [0.25, 0.3) is 0 Å². The van der Waals surface area contributed by atoms with Gasteiger partial charge in [0.2, 0.25) is 0 Å². The Kier molecular flexibility index (Phi) is 5.24. The quantitative estimate of drug-likeness (QED) is 0.604. The van der Waals surface area contributed by atoms with Gasteiger partial charge in [-0.25, -0.2) is 9.78 Å². The van der Waals surface area contributed by atoms with Crippen molar-refractivity contribution in [2.75, 3.05) is 24.6 Å². The Bertz CT molecular complexity index is 948. The number of rotatable bonds is 4. The van der Waals surface area contributed by atoms with Gasteiger partial charge < -0.3 is 14.4 Å². The van der Waals surface area contributed by atoms with Gasteiger partial charge in [-0.3, -0.25) is 0 Å². The van der Waals surface area contributed by atoms with E-state index in [2.05, 4.69) is 16.0 Å². The van der Waals surface area contributed by atoms with Crippen LogP contribution in [0.3, 0.4) is 0 Å². The highest BCUT2D eigenvalue weighted by molar-refractivity contribution is 5.87. The molecule has 6 heteroatoms. The number of benzene rings is 1. The molecule has 1 saturated heterocycles. The molecule has 6 nitrogen and oxygen atoms in total. The van der Waals surface area contributed by atoms with Crippen LogP contribution in [0.5, 0.6) is 5.75 Å². The lowest BCUT2D eigenvalue weighted by Gasteiger charge is -2.33. The maximum Gasteiger partial charge on any atom is 0.331 e. The minimum atomic E-state index is -0.345. The number of hydrogen-bond acceptors (Lipinski definition) is 6. The second-order valence-electron chi connectivity index (χ2n) is 6.96. The van der Waals surface area contributed by atoms with E-state index in [1.807, 2.05) is 18.2 Å². The Morgan fingerprint density at radius 3 is 3.18 bits per heavy atom. The van der Waals surface area contributed by atoms with E-state index in [1.54, 1.807) is 24.4 Å². The van der Waals surface area contributed by atoms with Crippen LogP contribution in [0.25, 0.3) is 6.08 Å². The SMILES string of the molecule is N#Cc1ccnc(N2CCCC(OC(=O)/C=C/c3ccc4c(c3)CCO4)C2)c1. The number of pyridine rings is 1. The standard InChI is InChI=1S/C22H21N3O3/c23-14-17-7-9-24-21(13-17)25-10-1-2-19(15-25)28-22(26)6-4-16-3-5-20-18(12-16)8-11-27-20/h3-7,9,12-13,19H,1-2,8,10-11,15H2/b6-4+. The molecule has 0 bridgehead atoms. The van der Waals surface area contributed by atoms with Crippen molar-refractivity contribution in [2.45, 2.75) is 25.4 Å². The molecule has 1 atom stereocenters. The zero-order valence-corrected chi connectivity index (χ0v) is 15.5. The molecule has 142 valence electrons. The van der Waals surface area contributed by atoms with Gasteiger partial charge in [0.1, 0.15) is 17.7 Å². The summed E-state index contributed by atoms with van der Waals surface area (Å²) in [4.78, 5) is 18.7. The van der Waals surface area contributed by atoms with Crippen LogP contribution in [0.4, 0.5) is 5.82 Å². The van der Waals surface area contributed by atoms with Gasteiger partial charge in [-0.05, 0) is 54.3 Å². The zero-order valence-electron chi connectivity index (χ0n) is 15.5. The van der Waals surface area contributed by atoms with E-state index in [4.69, 9.17) is 14.7 Å². The maximum absolute atomic E-state index is 12.3. The van der Waals surface area contributed by atoms with Crippen LogP contribution < -0.4 is 9.64 Å². The Labute approximate surface area is 164 Å². The van der Waals surface area contributed by atoms with Crippen LogP contribution >= 0.6 is 0 Å². The molecular formula is C22H21N3O3. The third-order valence-corrected chi connectivity index (χ3v) is 4.98. The molecule has 3 heterocycles. The smallest absolute Gasteiger partial charge is 0.331 e. The molecule has 2 aliphatic heterocycles. The summed E-state index contributed by atoms with van der Waals surface area (Å²) in [6.07, 6.45) is 7.33. The van der Waals surface area contributed by atoms with E-state index in [0.29, 0.717) is 12.1 Å². The van der Waals surface area contributed by atoms with Crippen LogP contribution in [-0.2, 0) is 16.0 Å². The van der Waals surface area contributed by atoms with Crippen LogP contribution in [-0.4, -0.2) is 36.8 Å². The number of carbonyl (C=O) groups excluding carboxylic acids is 1. The Morgan fingerprint density at radius 2 is 2.29 bits per heavy atom. The topological polar surface area (TPSA) is 75.5 Å². The average Bonchev–Trinajstić information content (AvgIpc) is 3.20. The molecule has 0 spiro atoms. The molecule has 1 aromatic heterocycles. The first-order valence-corrected chi connectivity index (χ1v) is 9.47. The Morgan fingerprint density at radius 1 is 1.36 bits per heavy atom. The third-order valence-electron chi connectivity index (χ3n) is 4.98. The van der Waals surface area contributed by atoms with E-state index < -0.39 is 0 Å². The van der Waals surface area contributed by atoms with Crippen LogP contribution in [0.2, 0.25) is 0 Å². The molecule has 0 radical (unpaired) electrons. The highest BCUT2D eigenvalue weighted by Crippen LogP contribution is 2.26. The number of esters is 1. The van der Waals surface area contributed by atoms with E-state index in [1.165, 1.54) is 11.6 Å². The molecule has 2 aliphatic rings. The number of nitriles is 1. The highest BCUT2D eigenvalue weighted by atomic mass is 16.5. The molecule has 0 N–H and O–H groups in total. The fourth-order valence-electron chi connectivity index (χ4n) is 3.58. The van der Waals surface area contributed by atoms with Crippen molar-refractivity contribution in [3.05, 3.63) is 59.3 Å².